The first-order valence-electron chi connectivity index (χ1n) is 11.5. The average Bonchev–Trinajstić information content (AvgIpc) is 3.28. The van der Waals surface area contributed by atoms with Gasteiger partial charge in [-0.1, -0.05) is 68.8 Å². The fourth-order valence-electron chi connectivity index (χ4n) is 4.20. The second-order valence-corrected chi connectivity index (χ2v) is 11.9. The summed E-state index contributed by atoms with van der Waals surface area (Å²) in [5.74, 6) is 1.04. The van der Waals surface area contributed by atoms with Crippen molar-refractivity contribution < 1.29 is 8.42 Å². The first-order valence-corrected chi connectivity index (χ1v) is 13.3. The second kappa shape index (κ2) is 8.89. The molecule has 0 amide bonds. The molecule has 0 bridgehead atoms. The third-order valence-electron chi connectivity index (χ3n) is 6.25. The molecule has 182 valence electrons. The van der Waals surface area contributed by atoms with Crippen LogP contribution in [0.2, 0.25) is 5.02 Å². The number of aromatic nitrogens is 4. The number of hydrogen-bond donors (Lipinski definition) is 0. The zero-order valence-electron chi connectivity index (χ0n) is 19.9. The molecule has 0 N–H and O–H groups in total. The molecule has 1 aliphatic heterocycles. The van der Waals surface area contributed by atoms with Crippen molar-refractivity contribution in [3.63, 3.8) is 0 Å². The van der Waals surface area contributed by atoms with E-state index in [2.05, 4.69) is 55.0 Å². The molecule has 0 saturated carbocycles. The summed E-state index contributed by atoms with van der Waals surface area (Å²) in [5, 5.41) is 4.95. The van der Waals surface area contributed by atoms with E-state index < -0.39 is 10.0 Å². The number of halogens is 1. The normalized spacial score (nSPS) is 15.6. The quantitative estimate of drug-likeness (QED) is 0.408. The van der Waals surface area contributed by atoms with Crippen LogP contribution >= 0.6 is 11.6 Å². The highest BCUT2D eigenvalue weighted by Gasteiger charge is 2.31. The molecular weight excluding hydrogens is 484 g/mol. The smallest absolute Gasteiger partial charge is 0.254 e. The lowest BCUT2D eigenvalue weighted by Crippen LogP contribution is -2.49. The SMILES string of the molecule is CC(C)(C)c1ccc(-c2ccnc3nc(N4CCN(S(=O)(=O)c5ccccc5Cl)CC4)nn23)cc1. The van der Waals surface area contributed by atoms with Gasteiger partial charge in [-0.3, -0.25) is 0 Å². The van der Waals surface area contributed by atoms with Crippen molar-refractivity contribution in [3.8, 4) is 11.3 Å². The summed E-state index contributed by atoms with van der Waals surface area (Å²) in [6.07, 6.45) is 1.73. The summed E-state index contributed by atoms with van der Waals surface area (Å²) in [4.78, 5) is 11.1. The Morgan fingerprint density at radius 3 is 2.26 bits per heavy atom. The van der Waals surface area contributed by atoms with Crippen LogP contribution in [-0.4, -0.2) is 58.5 Å². The number of benzene rings is 2. The zero-order chi connectivity index (χ0) is 24.8. The largest absolute Gasteiger partial charge is 0.337 e. The number of sulfonamides is 1. The van der Waals surface area contributed by atoms with Gasteiger partial charge in [-0.05, 0) is 29.2 Å². The van der Waals surface area contributed by atoms with Crippen LogP contribution in [0, 0.1) is 0 Å². The van der Waals surface area contributed by atoms with Gasteiger partial charge < -0.3 is 4.90 Å². The van der Waals surface area contributed by atoms with E-state index in [0.717, 1.165) is 11.3 Å². The Balaban J connectivity index is 1.37. The minimum Gasteiger partial charge on any atom is -0.337 e. The average molecular weight is 511 g/mol. The number of anilines is 1. The molecule has 5 rings (SSSR count). The summed E-state index contributed by atoms with van der Waals surface area (Å²) in [6, 6.07) is 16.9. The molecule has 3 heterocycles. The highest BCUT2D eigenvalue weighted by Crippen LogP contribution is 2.28. The Labute approximate surface area is 210 Å². The van der Waals surface area contributed by atoms with Crippen LogP contribution in [0.15, 0.2) is 65.7 Å². The van der Waals surface area contributed by atoms with Gasteiger partial charge >= 0.3 is 0 Å². The van der Waals surface area contributed by atoms with Gasteiger partial charge in [0.05, 0.1) is 10.7 Å². The van der Waals surface area contributed by atoms with Crippen LogP contribution < -0.4 is 4.90 Å². The van der Waals surface area contributed by atoms with E-state index in [0.29, 0.717) is 37.9 Å². The van der Waals surface area contributed by atoms with Gasteiger partial charge in [0.1, 0.15) is 4.90 Å². The Morgan fingerprint density at radius 1 is 0.914 bits per heavy atom. The van der Waals surface area contributed by atoms with Crippen molar-refractivity contribution in [1.82, 2.24) is 23.9 Å². The maximum atomic E-state index is 13.1. The molecular formula is C25H27ClN6O2S. The van der Waals surface area contributed by atoms with Gasteiger partial charge in [0.25, 0.3) is 5.78 Å². The summed E-state index contributed by atoms with van der Waals surface area (Å²) < 4.78 is 29.3. The highest BCUT2D eigenvalue weighted by molar-refractivity contribution is 7.89. The van der Waals surface area contributed by atoms with Crippen LogP contribution in [0.3, 0.4) is 0 Å². The van der Waals surface area contributed by atoms with Gasteiger partial charge in [0.2, 0.25) is 16.0 Å². The summed E-state index contributed by atoms with van der Waals surface area (Å²) in [5.41, 5.74) is 3.26. The van der Waals surface area contributed by atoms with Gasteiger partial charge in [-0.2, -0.15) is 13.8 Å². The molecule has 1 saturated heterocycles. The number of hydrogen-bond acceptors (Lipinski definition) is 6. The molecule has 0 atom stereocenters. The van der Waals surface area contributed by atoms with E-state index >= 15 is 0 Å². The van der Waals surface area contributed by atoms with Crippen molar-refractivity contribution in [1.29, 1.82) is 0 Å². The standard InChI is InChI=1S/C25H27ClN6O2S/c1-25(2,3)19-10-8-18(9-11-19)21-12-13-27-23-28-24(29-32(21)23)30-14-16-31(17-15-30)35(33,34)22-7-5-4-6-20(22)26/h4-13H,14-17H2,1-3H3. The maximum Gasteiger partial charge on any atom is 0.254 e. The number of nitrogens with zero attached hydrogens (tertiary/aromatic N) is 6. The Morgan fingerprint density at radius 2 is 1.60 bits per heavy atom. The molecule has 1 aliphatic rings. The lowest BCUT2D eigenvalue weighted by molar-refractivity contribution is 0.382. The van der Waals surface area contributed by atoms with Crippen LogP contribution in [0.1, 0.15) is 26.3 Å². The van der Waals surface area contributed by atoms with Crippen LogP contribution in [-0.2, 0) is 15.4 Å². The molecule has 2 aromatic heterocycles. The lowest BCUT2D eigenvalue weighted by Gasteiger charge is -2.33. The minimum atomic E-state index is -3.66. The predicted molar refractivity (Wildman–Crippen MR) is 137 cm³/mol. The fraction of sp³-hybridized carbons (Fsp3) is 0.320. The zero-order valence-corrected chi connectivity index (χ0v) is 21.5. The monoisotopic (exact) mass is 510 g/mol. The van der Waals surface area contributed by atoms with Crippen molar-refractivity contribution in [3.05, 3.63) is 71.4 Å². The van der Waals surface area contributed by atoms with E-state index in [-0.39, 0.29) is 15.3 Å². The van der Waals surface area contributed by atoms with Gasteiger partial charge in [0, 0.05) is 37.9 Å². The third-order valence-corrected chi connectivity index (χ3v) is 8.65. The van der Waals surface area contributed by atoms with Crippen molar-refractivity contribution in [2.24, 2.45) is 0 Å². The molecule has 0 spiro atoms. The Kier molecular flexibility index (Phi) is 6.03. The van der Waals surface area contributed by atoms with Crippen LogP contribution in [0.5, 0.6) is 0 Å². The molecule has 0 radical (unpaired) electrons. The number of rotatable bonds is 4. The van der Waals surface area contributed by atoms with Crippen molar-refractivity contribution in [2.75, 3.05) is 31.1 Å². The molecule has 0 unspecified atom stereocenters. The summed E-state index contributed by atoms with van der Waals surface area (Å²) in [7, 11) is -3.66. The number of fused-ring (bicyclic) bond motifs is 1. The second-order valence-electron chi connectivity index (χ2n) is 9.60. The van der Waals surface area contributed by atoms with Gasteiger partial charge in [0.15, 0.2) is 0 Å². The molecule has 4 aromatic rings. The minimum absolute atomic E-state index is 0.0774. The molecule has 8 nitrogen and oxygen atoms in total. The van der Waals surface area contributed by atoms with Crippen LogP contribution in [0.25, 0.3) is 17.0 Å². The third kappa shape index (κ3) is 4.51. The summed E-state index contributed by atoms with van der Waals surface area (Å²) in [6.45, 7) is 8.14. The maximum absolute atomic E-state index is 13.1. The number of piperazine rings is 1. The van der Waals surface area contributed by atoms with Crippen molar-refractivity contribution in [2.45, 2.75) is 31.1 Å². The van der Waals surface area contributed by atoms with E-state index in [4.69, 9.17) is 16.7 Å². The van der Waals surface area contributed by atoms with Gasteiger partial charge in [-0.25, -0.2) is 13.4 Å². The van der Waals surface area contributed by atoms with Crippen molar-refractivity contribution >= 4 is 33.4 Å². The van der Waals surface area contributed by atoms with Gasteiger partial charge in [-0.15, -0.1) is 5.10 Å². The van der Waals surface area contributed by atoms with E-state index in [1.165, 1.54) is 15.9 Å². The van der Waals surface area contributed by atoms with E-state index in [1.807, 2.05) is 11.0 Å². The molecule has 2 aromatic carbocycles. The Hall–Kier alpha value is -3.01. The summed E-state index contributed by atoms with van der Waals surface area (Å²) >= 11 is 6.15. The predicted octanol–water partition coefficient (Wildman–Crippen LogP) is 4.25. The lowest BCUT2D eigenvalue weighted by atomic mass is 9.86. The van der Waals surface area contributed by atoms with Crippen LogP contribution in [0.4, 0.5) is 5.95 Å². The first-order chi connectivity index (χ1) is 16.6. The fourth-order valence-corrected chi connectivity index (χ4v) is 6.11. The Bertz CT molecular complexity index is 1470. The molecule has 10 heteroatoms. The van der Waals surface area contributed by atoms with E-state index in [9.17, 15) is 8.42 Å². The molecule has 35 heavy (non-hydrogen) atoms. The molecule has 1 fully saturated rings. The van der Waals surface area contributed by atoms with E-state index in [1.54, 1.807) is 28.9 Å². The first kappa shape index (κ1) is 23.7. The highest BCUT2D eigenvalue weighted by atomic mass is 35.5. The molecule has 0 aliphatic carbocycles. The topological polar surface area (TPSA) is 83.7 Å².